The summed E-state index contributed by atoms with van der Waals surface area (Å²) < 4.78 is 3.44. The monoisotopic (exact) mass is 328 g/mol. The van der Waals surface area contributed by atoms with Crippen LogP contribution in [0.4, 0.5) is 0 Å². The Labute approximate surface area is 127 Å². The van der Waals surface area contributed by atoms with Gasteiger partial charge in [0.2, 0.25) is 0 Å². The minimum Gasteiger partial charge on any atom is -0.343 e. The van der Waals surface area contributed by atoms with Gasteiger partial charge in [-0.05, 0) is 41.8 Å². The number of nitrogens with zero attached hydrogens (tertiary/aromatic N) is 1. The number of rotatable bonds is 4. The number of nitrogens with one attached hydrogen (secondary N) is 1. The summed E-state index contributed by atoms with van der Waals surface area (Å²) in [7, 11) is 1.99. The number of benzene rings is 2. The average molecular weight is 329 g/mol. The molecule has 1 heterocycles. The third kappa shape index (κ3) is 2.65. The molecule has 0 bridgehead atoms. The summed E-state index contributed by atoms with van der Waals surface area (Å²) in [5.74, 6) is 0. The second kappa shape index (κ2) is 5.81. The number of halogens is 1. The third-order valence-electron chi connectivity index (χ3n) is 3.51. The summed E-state index contributed by atoms with van der Waals surface area (Å²) in [4.78, 5) is 0. The first kappa shape index (κ1) is 13.4. The minimum absolute atomic E-state index is 0.891. The van der Waals surface area contributed by atoms with Crippen molar-refractivity contribution in [1.29, 1.82) is 0 Å². The molecular weight excluding hydrogens is 312 g/mol. The van der Waals surface area contributed by atoms with Crippen molar-refractivity contribution in [3.05, 3.63) is 70.3 Å². The van der Waals surface area contributed by atoms with Crippen molar-refractivity contribution < 1.29 is 0 Å². The fourth-order valence-electron chi connectivity index (χ4n) is 2.59. The Morgan fingerprint density at radius 1 is 1.05 bits per heavy atom. The van der Waals surface area contributed by atoms with Gasteiger partial charge in [0, 0.05) is 23.8 Å². The van der Waals surface area contributed by atoms with E-state index in [9.17, 15) is 0 Å². The van der Waals surface area contributed by atoms with Gasteiger partial charge in [-0.15, -0.1) is 0 Å². The van der Waals surface area contributed by atoms with Crippen LogP contribution in [0.15, 0.2) is 59.2 Å². The summed E-state index contributed by atoms with van der Waals surface area (Å²) in [5, 5.41) is 4.55. The first-order valence-electron chi connectivity index (χ1n) is 6.74. The molecule has 0 saturated heterocycles. The van der Waals surface area contributed by atoms with Crippen LogP contribution in [-0.4, -0.2) is 11.6 Å². The molecule has 0 amide bonds. The molecule has 3 heteroatoms. The Bertz CT molecular complexity index is 713. The van der Waals surface area contributed by atoms with Gasteiger partial charge in [-0.2, -0.15) is 0 Å². The highest BCUT2D eigenvalue weighted by atomic mass is 79.9. The average Bonchev–Trinajstić information content (AvgIpc) is 2.86. The Balaban J connectivity index is 2.00. The van der Waals surface area contributed by atoms with Gasteiger partial charge in [0.1, 0.15) is 0 Å². The lowest BCUT2D eigenvalue weighted by atomic mass is 10.1. The van der Waals surface area contributed by atoms with E-state index in [1.54, 1.807) is 0 Å². The van der Waals surface area contributed by atoms with E-state index in [2.05, 4.69) is 80.5 Å². The predicted octanol–water partition coefficient (Wildman–Crippen LogP) is 4.17. The Morgan fingerprint density at radius 3 is 2.60 bits per heavy atom. The zero-order valence-electron chi connectivity index (χ0n) is 11.4. The molecule has 0 atom stereocenters. The Kier molecular flexibility index (Phi) is 3.90. The molecule has 0 unspecified atom stereocenters. The predicted molar refractivity (Wildman–Crippen MR) is 87.9 cm³/mol. The molecule has 1 aromatic heterocycles. The Morgan fingerprint density at radius 2 is 1.85 bits per heavy atom. The smallest absolute Gasteiger partial charge is 0.0529 e. The van der Waals surface area contributed by atoms with Crippen LogP contribution in [0.5, 0.6) is 0 Å². The van der Waals surface area contributed by atoms with Crippen molar-refractivity contribution in [2.75, 3.05) is 7.05 Å². The van der Waals surface area contributed by atoms with Gasteiger partial charge >= 0.3 is 0 Å². The fourth-order valence-corrected chi connectivity index (χ4v) is 2.86. The zero-order valence-corrected chi connectivity index (χ0v) is 13.0. The van der Waals surface area contributed by atoms with E-state index in [0.717, 1.165) is 17.6 Å². The first-order chi connectivity index (χ1) is 9.78. The summed E-state index contributed by atoms with van der Waals surface area (Å²) in [6, 6.07) is 17.2. The molecular formula is C17H17BrN2. The molecule has 0 radical (unpaired) electrons. The summed E-state index contributed by atoms with van der Waals surface area (Å²) in [6.07, 6.45) is 2.17. The fraction of sp³-hybridized carbons (Fsp3) is 0.176. The molecule has 3 aromatic rings. The maximum absolute atomic E-state index is 3.48. The van der Waals surface area contributed by atoms with Crippen LogP contribution in [0.25, 0.3) is 10.9 Å². The van der Waals surface area contributed by atoms with Gasteiger partial charge in [0.15, 0.2) is 0 Å². The number of hydrogen-bond acceptors (Lipinski definition) is 1. The van der Waals surface area contributed by atoms with Crippen LogP contribution in [0, 0.1) is 0 Å². The molecule has 0 aliphatic rings. The molecule has 1 N–H and O–H groups in total. The van der Waals surface area contributed by atoms with Crippen molar-refractivity contribution in [2.45, 2.75) is 13.1 Å². The normalized spacial score (nSPS) is 11.1. The van der Waals surface area contributed by atoms with E-state index in [1.807, 2.05) is 7.05 Å². The van der Waals surface area contributed by atoms with Gasteiger partial charge < -0.3 is 9.88 Å². The molecule has 20 heavy (non-hydrogen) atoms. The second-order valence-corrected chi connectivity index (χ2v) is 5.87. The highest BCUT2D eigenvalue weighted by Crippen LogP contribution is 2.22. The zero-order chi connectivity index (χ0) is 13.9. The molecule has 0 aliphatic heterocycles. The quantitative estimate of drug-likeness (QED) is 0.760. The van der Waals surface area contributed by atoms with Gasteiger partial charge in [-0.1, -0.05) is 46.3 Å². The summed E-state index contributed by atoms with van der Waals surface area (Å²) in [6.45, 7) is 1.79. The van der Waals surface area contributed by atoms with Crippen LogP contribution in [0.2, 0.25) is 0 Å². The molecule has 102 valence electrons. The third-order valence-corrected chi connectivity index (χ3v) is 4.03. The number of para-hydroxylation sites is 1. The van der Waals surface area contributed by atoms with E-state index in [-0.39, 0.29) is 0 Å². The molecule has 2 aromatic carbocycles. The number of fused-ring (bicyclic) bond motifs is 1. The number of hydrogen-bond donors (Lipinski definition) is 1. The molecule has 2 nitrogen and oxygen atoms in total. The van der Waals surface area contributed by atoms with Crippen molar-refractivity contribution in [3.63, 3.8) is 0 Å². The lowest BCUT2D eigenvalue weighted by Gasteiger charge is -2.10. The molecule has 0 fully saturated rings. The van der Waals surface area contributed by atoms with Crippen molar-refractivity contribution in [1.82, 2.24) is 9.88 Å². The van der Waals surface area contributed by atoms with Crippen LogP contribution in [0.1, 0.15) is 11.1 Å². The van der Waals surface area contributed by atoms with Gasteiger partial charge in [-0.3, -0.25) is 0 Å². The molecule has 0 spiro atoms. The number of aromatic nitrogens is 1. The topological polar surface area (TPSA) is 17.0 Å². The first-order valence-corrected chi connectivity index (χ1v) is 7.53. The second-order valence-electron chi connectivity index (χ2n) is 4.96. The summed E-state index contributed by atoms with van der Waals surface area (Å²) >= 11 is 3.48. The van der Waals surface area contributed by atoms with E-state index >= 15 is 0 Å². The maximum atomic E-state index is 3.48. The van der Waals surface area contributed by atoms with E-state index in [4.69, 9.17) is 0 Å². The highest BCUT2D eigenvalue weighted by Gasteiger charge is 2.06. The van der Waals surface area contributed by atoms with E-state index in [0.29, 0.717) is 0 Å². The van der Waals surface area contributed by atoms with Crippen LogP contribution >= 0.6 is 15.9 Å². The largest absolute Gasteiger partial charge is 0.343 e. The van der Waals surface area contributed by atoms with Crippen molar-refractivity contribution in [3.8, 4) is 0 Å². The van der Waals surface area contributed by atoms with Gasteiger partial charge in [0.25, 0.3) is 0 Å². The van der Waals surface area contributed by atoms with E-state index in [1.165, 1.54) is 22.0 Å². The van der Waals surface area contributed by atoms with Crippen LogP contribution in [0.3, 0.4) is 0 Å². The molecule has 0 aliphatic carbocycles. The lowest BCUT2D eigenvalue weighted by molar-refractivity contribution is 0.796. The van der Waals surface area contributed by atoms with Crippen LogP contribution < -0.4 is 5.32 Å². The minimum atomic E-state index is 0.891. The van der Waals surface area contributed by atoms with Crippen molar-refractivity contribution in [2.24, 2.45) is 0 Å². The van der Waals surface area contributed by atoms with Gasteiger partial charge in [0.05, 0.1) is 5.52 Å². The molecule has 3 rings (SSSR count). The lowest BCUT2D eigenvalue weighted by Crippen LogP contribution is -2.07. The van der Waals surface area contributed by atoms with Crippen LogP contribution in [-0.2, 0) is 13.1 Å². The Hall–Kier alpha value is -1.58. The SMILES string of the molecule is CNCc1cccc2ccn(Cc3ccc(Br)cc3)c12. The summed E-state index contributed by atoms with van der Waals surface area (Å²) in [5.41, 5.74) is 3.97. The van der Waals surface area contributed by atoms with Gasteiger partial charge in [-0.25, -0.2) is 0 Å². The van der Waals surface area contributed by atoms with Crippen molar-refractivity contribution >= 4 is 26.8 Å². The maximum Gasteiger partial charge on any atom is 0.0529 e. The standard InChI is InChI=1S/C17H17BrN2/c1-19-11-15-4-2-3-14-9-10-20(17(14)15)12-13-5-7-16(18)8-6-13/h2-10,19H,11-12H2,1H3. The van der Waals surface area contributed by atoms with E-state index < -0.39 is 0 Å². The molecule has 0 saturated carbocycles. The highest BCUT2D eigenvalue weighted by molar-refractivity contribution is 9.10.